The highest BCUT2D eigenvalue weighted by atomic mass is 16.5. The first-order valence-electron chi connectivity index (χ1n) is 10.1. The van der Waals surface area contributed by atoms with Crippen LogP contribution in [0.4, 0.5) is 0 Å². The lowest BCUT2D eigenvalue weighted by Crippen LogP contribution is -2.47. The zero-order valence-corrected chi connectivity index (χ0v) is 16.8. The van der Waals surface area contributed by atoms with Crippen LogP contribution in [-0.4, -0.2) is 36.5 Å². The second-order valence-electron chi connectivity index (χ2n) is 7.52. The average Bonchev–Trinajstić information content (AvgIpc) is 3.15. The molecule has 0 spiro atoms. The molecule has 0 unspecified atom stereocenters. The van der Waals surface area contributed by atoms with Crippen molar-refractivity contribution >= 4 is 11.9 Å². The molecule has 0 radical (unpaired) electrons. The lowest BCUT2D eigenvalue weighted by Gasteiger charge is -2.40. The number of hydrogen-bond acceptors (Lipinski definition) is 4. The monoisotopic (exact) mass is 383 g/mol. The van der Waals surface area contributed by atoms with Gasteiger partial charge in [0, 0.05) is 13.1 Å². The molecule has 1 saturated heterocycles. The van der Waals surface area contributed by atoms with Gasteiger partial charge in [0.15, 0.2) is 0 Å². The summed E-state index contributed by atoms with van der Waals surface area (Å²) in [5.74, 6) is 0.498. The fourth-order valence-corrected chi connectivity index (χ4v) is 4.03. The smallest absolute Gasteiger partial charge is 0.312 e. The number of likely N-dealkylation sites (tertiary alicyclic amines) is 1. The Morgan fingerprint density at radius 1 is 1.14 bits per heavy atom. The van der Waals surface area contributed by atoms with E-state index in [2.05, 4.69) is 12.1 Å². The third kappa shape index (κ3) is 4.46. The molecule has 1 aromatic carbocycles. The topological polar surface area (TPSA) is 59.8 Å². The summed E-state index contributed by atoms with van der Waals surface area (Å²) in [6.45, 7) is 5.15. The van der Waals surface area contributed by atoms with Gasteiger partial charge in [-0.25, -0.2) is 0 Å². The van der Waals surface area contributed by atoms with Gasteiger partial charge in [-0.1, -0.05) is 30.3 Å². The molecule has 1 amide bonds. The fourth-order valence-electron chi connectivity index (χ4n) is 4.03. The molecule has 3 rings (SSSR count). The molecule has 1 aromatic heterocycles. The van der Waals surface area contributed by atoms with E-state index in [-0.39, 0.29) is 11.9 Å². The maximum atomic E-state index is 12.8. The van der Waals surface area contributed by atoms with Gasteiger partial charge in [0.2, 0.25) is 0 Å². The minimum absolute atomic E-state index is 0.0204. The number of amides is 1. The molecule has 2 heterocycles. The average molecular weight is 383 g/mol. The summed E-state index contributed by atoms with van der Waals surface area (Å²) in [7, 11) is 0. The van der Waals surface area contributed by atoms with E-state index in [1.165, 1.54) is 5.56 Å². The Balaban J connectivity index is 1.64. The molecular formula is C23H29NO4. The van der Waals surface area contributed by atoms with Gasteiger partial charge in [0.1, 0.15) is 5.76 Å². The number of esters is 1. The molecule has 1 aliphatic rings. The molecule has 28 heavy (non-hydrogen) atoms. The minimum atomic E-state index is -0.493. The molecule has 5 nitrogen and oxygen atoms in total. The second-order valence-corrected chi connectivity index (χ2v) is 7.52. The molecule has 1 fully saturated rings. The highest BCUT2D eigenvalue weighted by Gasteiger charge is 2.43. The SMILES string of the molecule is CCOC(=O)C1(CCCc2ccccc2)CCN(C(=O)c2ccoc2C)CC1. The van der Waals surface area contributed by atoms with Crippen molar-refractivity contribution in [2.45, 2.75) is 46.0 Å². The Bertz CT molecular complexity index is 788. The van der Waals surface area contributed by atoms with E-state index >= 15 is 0 Å². The van der Waals surface area contributed by atoms with Crippen molar-refractivity contribution < 1.29 is 18.7 Å². The van der Waals surface area contributed by atoms with Gasteiger partial charge >= 0.3 is 5.97 Å². The zero-order valence-electron chi connectivity index (χ0n) is 16.8. The number of nitrogens with zero attached hydrogens (tertiary/aromatic N) is 1. The molecule has 0 atom stereocenters. The number of hydrogen-bond donors (Lipinski definition) is 0. The summed E-state index contributed by atoms with van der Waals surface area (Å²) >= 11 is 0. The quantitative estimate of drug-likeness (QED) is 0.665. The Morgan fingerprint density at radius 3 is 2.46 bits per heavy atom. The maximum absolute atomic E-state index is 12.8. The number of aryl methyl sites for hydroxylation is 2. The Labute approximate surface area is 166 Å². The number of furan rings is 1. The first kappa shape index (κ1) is 20.2. The lowest BCUT2D eigenvalue weighted by molar-refractivity contribution is -0.159. The summed E-state index contributed by atoms with van der Waals surface area (Å²) in [5, 5.41) is 0. The van der Waals surface area contributed by atoms with Gasteiger partial charge in [-0.15, -0.1) is 0 Å². The molecular weight excluding hydrogens is 354 g/mol. The lowest BCUT2D eigenvalue weighted by atomic mass is 9.74. The highest BCUT2D eigenvalue weighted by molar-refractivity contribution is 5.95. The Morgan fingerprint density at radius 2 is 1.86 bits per heavy atom. The van der Waals surface area contributed by atoms with Crippen LogP contribution in [0.3, 0.4) is 0 Å². The molecule has 150 valence electrons. The van der Waals surface area contributed by atoms with Crippen molar-refractivity contribution in [1.29, 1.82) is 0 Å². The summed E-state index contributed by atoms with van der Waals surface area (Å²) in [6, 6.07) is 12.0. The van der Waals surface area contributed by atoms with Crippen molar-refractivity contribution in [2.24, 2.45) is 5.41 Å². The van der Waals surface area contributed by atoms with Gasteiger partial charge < -0.3 is 14.1 Å². The van der Waals surface area contributed by atoms with Gasteiger partial charge in [-0.05, 0) is 57.6 Å². The van der Waals surface area contributed by atoms with E-state index in [9.17, 15) is 9.59 Å². The van der Waals surface area contributed by atoms with Gasteiger partial charge in [-0.3, -0.25) is 9.59 Å². The second kappa shape index (κ2) is 9.09. The van der Waals surface area contributed by atoms with Crippen LogP contribution in [0.2, 0.25) is 0 Å². The maximum Gasteiger partial charge on any atom is 0.312 e. The van der Waals surface area contributed by atoms with Crippen LogP contribution in [0.15, 0.2) is 47.1 Å². The van der Waals surface area contributed by atoms with Crippen molar-refractivity contribution in [2.75, 3.05) is 19.7 Å². The predicted octanol–water partition coefficient (Wildman–Crippen LogP) is 4.40. The van der Waals surface area contributed by atoms with E-state index in [1.807, 2.05) is 30.0 Å². The third-order valence-electron chi connectivity index (χ3n) is 5.77. The van der Waals surface area contributed by atoms with Gasteiger partial charge in [0.25, 0.3) is 5.91 Å². The fraction of sp³-hybridized carbons (Fsp3) is 0.478. The van der Waals surface area contributed by atoms with Crippen LogP contribution in [0.25, 0.3) is 0 Å². The van der Waals surface area contributed by atoms with E-state index < -0.39 is 5.41 Å². The van der Waals surface area contributed by atoms with Crippen molar-refractivity contribution in [3.8, 4) is 0 Å². The van der Waals surface area contributed by atoms with Crippen LogP contribution >= 0.6 is 0 Å². The largest absolute Gasteiger partial charge is 0.469 e. The van der Waals surface area contributed by atoms with E-state index in [0.717, 1.165) is 19.3 Å². The zero-order chi connectivity index (χ0) is 20.0. The molecule has 0 aliphatic carbocycles. The summed E-state index contributed by atoms with van der Waals surface area (Å²) in [6.07, 6.45) is 5.48. The van der Waals surface area contributed by atoms with E-state index in [4.69, 9.17) is 9.15 Å². The van der Waals surface area contributed by atoms with E-state index in [1.54, 1.807) is 19.3 Å². The van der Waals surface area contributed by atoms with Crippen molar-refractivity contribution in [1.82, 2.24) is 4.90 Å². The molecule has 0 saturated carbocycles. The first-order valence-corrected chi connectivity index (χ1v) is 10.1. The number of piperidine rings is 1. The van der Waals surface area contributed by atoms with Gasteiger partial charge in [0.05, 0.1) is 23.8 Å². The normalized spacial score (nSPS) is 16.0. The minimum Gasteiger partial charge on any atom is -0.469 e. The number of carbonyl (C=O) groups excluding carboxylic acids is 2. The predicted molar refractivity (Wildman–Crippen MR) is 107 cm³/mol. The summed E-state index contributed by atoms with van der Waals surface area (Å²) < 4.78 is 10.7. The molecule has 2 aromatic rings. The van der Waals surface area contributed by atoms with Gasteiger partial charge in [-0.2, -0.15) is 0 Å². The number of rotatable bonds is 7. The molecule has 0 bridgehead atoms. The first-order chi connectivity index (χ1) is 13.6. The summed E-state index contributed by atoms with van der Waals surface area (Å²) in [5.41, 5.74) is 1.39. The van der Waals surface area contributed by atoms with Crippen LogP contribution in [0.5, 0.6) is 0 Å². The molecule has 0 N–H and O–H groups in total. The Hall–Kier alpha value is -2.56. The highest BCUT2D eigenvalue weighted by Crippen LogP contribution is 2.38. The molecule has 5 heteroatoms. The number of ether oxygens (including phenoxy) is 1. The number of carbonyl (C=O) groups is 2. The van der Waals surface area contributed by atoms with Crippen LogP contribution in [0, 0.1) is 12.3 Å². The van der Waals surface area contributed by atoms with Crippen LogP contribution in [0.1, 0.15) is 54.3 Å². The van der Waals surface area contributed by atoms with Crippen LogP contribution < -0.4 is 0 Å². The Kier molecular flexibility index (Phi) is 6.55. The standard InChI is InChI=1S/C23H29NO4/c1-3-27-22(26)23(12-7-10-19-8-5-4-6-9-19)13-15-24(16-14-23)21(25)20-11-17-28-18(20)2/h4-6,8-9,11,17H,3,7,10,12-16H2,1-2H3. The third-order valence-corrected chi connectivity index (χ3v) is 5.77. The van der Waals surface area contributed by atoms with Crippen molar-refractivity contribution in [3.63, 3.8) is 0 Å². The molecule has 1 aliphatic heterocycles. The summed E-state index contributed by atoms with van der Waals surface area (Å²) in [4.78, 5) is 27.3. The van der Waals surface area contributed by atoms with Crippen molar-refractivity contribution in [3.05, 3.63) is 59.5 Å². The number of benzene rings is 1. The van der Waals surface area contributed by atoms with Crippen LogP contribution in [-0.2, 0) is 16.0 Å². The van der Waals surface area contributed by atoms with E-state index in [0.29, 0.717) is 43.9 Å².